The molecule has 3 nitrogen and oxygen atoms in total. The van der Waals surface area contributed by atoms with Crippen LogP contribution in [0.25, 0.3) is 11.3 Å². The summed E-state index contributed by atoms with van der Waals surface area (Å²) in [4.78, 5) is 15.8. The van der Waals surface area contributed by atoms with Crippen molar-refractivity contribution in [2.24, 2.45) is 0 Å². The Morgan fingerprint density at radius 2 is 1.90 bits per heavy atom. The van der Waals surface area contributed by atoms with Gasteiger partial charge in [-0.05, 0) is 30.3 Å². The Hall–Kier alpha value is -1.94. The first-order valence-corrected chi connectivity index (χ1v) is 6.78. The molecule has 5 heteroatoms. The Kier molecular flexibility index (Phi) is 4.01. The van der Waals surface area contributed by atoms with Crippen molar-refractivity contribution in [1.82, 2.24) is 4.98 Å². The fourth-order valence-electron chi connectivity index (χ4n) is 2.05. The van der Waals surface area contributed by atoms with Crippen LogP contribution in [0.15, 0.2) is 30.3 Å². The van der Waals surface area contributed by atoms with Crippen LogP contribution in [0.1, 0.15) is 36.8 Å². The Morgan fingerprint density at radius 3 is 2.43 bits per heavy atom. The number of carboxylic acid groups (broad SMARTS) is 1. The van der Waals surface area contributed by atoms with E-state index in [0.717, 1.165) is 0 Å². The molecule has 0 atom stereocenters. The predicted octanol–water partition coefficient (Wildman–Crippen LogP) is 4.54. The molecule has 110 valence electrons. The lowest BCUT2D eigenvalue weighted by atomic mass is 9.88. The molecule has 1 N–H and O–H groups in total. The number of aromatic nitrogens is 1. The highest BCUT2D eigenvalue weighted by Crippen LogP contribution is 2.31. The molecule has 1 aromatic heterocycles. The van der Waals surface area contributed by atoms with E-state index in [1.807, 2.05) is 20.8 Å². The number of hydrogen-bond donors (Lipinski definition) is 1. The van der Waals surface area contributed by atoms with Crippen molar-refractivity contribution in [2.75, 3.05) is 0 Å². The number of benzene rings is 1. The monoisotopic (exact) mass is 307 g/mol. The van der Waals surface area contributed by atoms with E-state index in [1.165, 1.54) is 24.3 Å². The zero-order chi connectivity index (χ0) is 15.8. The summed E-state index contributed by atoms with van der Waals surface area (Å²) in [6.45, 7) is 5.66. The lowest BCUT2D eigenvalue weighted by Gasteiger charge is -2.21. The molecule has 0 radical (unpaired) electrons. The van der Waals surface area contributed by atoms with E-state index < -0.39 is 17.2 Å². The first-order chi connectivity index (χ1) is 9.70. The summed E-state index contributed by atoms with van der Waals surface area (Å²) in [5.41, 5.74) is 1.28. The maximum atomic E-state index is 13.1. The van der Waals surface area contributed by atoms with Gasteiger partial charge >= 0.3 is 5.97 Å². The second-order valence-electron chi connectivity index (χ2n) is 5.77. The second kappa shape index (κ2) is 5.45. The molecule has 2 aromatic rings. The first-order valence-electron chi connectivity index (χ1n) is 6.40. The maximum Gasteiger partial charge on any atom is 0.337 e. The van der Waals surface area contributed by atoms with Crippen molar-refractivity contribution < 1.29 is 14.3 Å². The smallest absolute Gasteiger partial charge is 0.337 e. The fourth-order valence-corrected chi connectivity index (χ4v) is 2.31. The minimum Gasteiger partial charge on any atom is -0.478 e. The first kappa shape index (κ1) is 15.4. The summed E-state index contributed by atoms with van der Waals surface area (Å²) >= 11 is 6.04. The number of halogens is 2. The predicted molar refractivity (Wildman–Crippen MR) is 80.3 cm³/mol. The van der Waals surface area contributed by atoms with Gasteiger partial charge in [-0.15, -0.1) is 0 Å². The Bertz CT molecular complexity index is 708. The van der Waals surface area contributed by atoms with Gasteiger partial charge in [-0.1, -0.05) is 32.4 Å². The van der Waals surface area contributed by atoms with Crippen LogP contribution in [-0.4, -0.2) is 16.1 Å². The zero-order valence-corrected chi connectivity index (χ0v) is 12.7. The Labute approximate surface area is 127 Å². The third-order valence-electron chi connectivity index (χ3n) is 3.04. The van der Waals surface area contributed by atoms with Gasteiger partial charge in [0.2, 0.25) is 0 Å². The van der Waals surface area contributed by atoms with Crippen molar-refractivity contribution in [3.05, 3.63) is 52.4 Å². The van der Waals surface area contributed by atoms with Crippen molar-refractivity contribution in [3.8, 4) is 11.3 Å². The summed E-state index contributed by atoms with van der Waals surface area (Å²) in [5.74, 6) is -1.45. The van der Waals surface area contributed by atoms with Crippen molar-refractivity contribution in [1.29, 1.82) is 0 Å². The number of hydrogen-bond acceptors (Lipinski definition) is 2. The molecule has 0 bridgehead atoms. The van der Waals surface area contributed by atoms with Crippen LogP contribution in [0.5, 0.6) is 0 Å². The van der Waals surface area contributed by atoms with Gasteiger partial charge in [-0.2, -0.15) is 0 Å². The van der Waals surface area contributed by atoms with Crippen LogP contribution < -0.4 is 0 Å². The van der Waals surface area contributed by atoms with E-state index in [2.05, 4.69) is 4.98 Å². The van der Waals surface area contributed by atoms with E-state index in [4.69, 9.17) is 11.6 Å². The molecule has 0 spiro atoms. The number of nitrogens with zero attached hydrogens (tertiary/aromatic N) is 1. The Morgan fingerprint density at radius 1 is 1.24 bits per heavy atom. The number of aromatic carboxylic acids is 1. The van der Waals surface area contributed by atoms with Crippen molar-refractivity contribution >= 4 is 17.6 Å². The molecule has 21 heavy (non-hydrogen) atoms. The summed E-state index contributed by atoms with van der Waals surface area (Å²) in [5, 5.41) is 9.51. The van der Waals surface area contributed by atoms with E-state index in [9.17, 15) is 14.3 Å². The molecule has 2 rings (SSSR count). The van der Waals surface area contributed by atoms with E-state index in [-0.39, 0.29) is 10.6 Å². The molecule has 0 amide bonds. The lowest BCUT2D eigenvalue weighted by molar-refractivity contribution is 0.0693. The van der Waals surface area contributed by atoms with Gasteiger partial charge in [0.15, 0.2) is 0 Å². The number of rotatable bonds is 2. The molecule has 0 saturated heterocycles. The van der Waals surface area contributed by atoms with Gasteiger partial charge in [0.25, 0.3) is 0 Å². The highest BCUT2D eigenvalue weighted by molar-refractivity contribution is 6.33. The average Bonchev–Trinajstić information content (AvgIpc) is 2.37. The molecule has 1 heterocycles. The van der Waals surface area contributed by atoms with Gasteiger partial charge < -0.3 is 5.11 Å². The minimum atomic E-state index is -1.02. The topological polar surface area (TPSA) is 50.2 Å². The molecular weight excluding hydrogens is 293 g/mol. The molecule has 0 saturated carbocycles. The summed E-state index contributed by atoms with van der Waals surface area (Å²) in [6.07, 6.45) is 0. The zero-order valence-electron chi connectivity index (χ0n) is 11.9. The van der Waals surface area contributed by atoms with Gasteiger partial charge in [0.1, 0.15) is 5.82 Å². The van der Waals surface area contributed by atoms with Crippen LogP contribution in [0.2, 0.25) is 5.02 Å². The highest BCUT2D eigenvalue weighted by Gasteiger charge is 2.24. The van der Waals surface area contributed by atoms with E-state index in [1.54, 1.807) is 6.07 Å². The largest absolute Gasteiger partial charge is 0.478 e. The second-order valence-corrected chi connectivity index (χ2v) is 6.18. The third-order valence-corrected chi connectivity index (χ3v) is 3.36. The van der Waals surface area contributed by atoms with Crippen LogP contribution in [0.3, 0.4) is 0 Å². The van der Waals surface area contributed by atoms with Crippen LogP contribution in [-0.2, 0) is 5.41 Å². The molecule has 0 aliphatic carbocycles. The molecule has 1 aromatic carbocycles. The van der Waals surface area contributed by atoms with Crippen molar-refractivity contribution in [2.45, 2.75) is 26.2 Å². The third kappa shape index (κ3) is 3.22. The number of carbonyl (C=O) groups is 1. The summed E-state index contributed by atoms with van der Waals surface area (Å²) in [6, 6.07) is 7.13. The lowest BCUT2D eigenvalue weighted by Crippen LogP contribution is -2.19. The van der Waals surface area contributed by atoms with Crippen LogP contribution in [0.4, 0.5) is 4.39 Å². The summed E-state index contributed by atoms with van der Waals surface area (Å²) in [7, 11) is 0. The van der Waals surface area contributed by atoms with Crippen molar-refractivity contribution in [3.63, 3.8) is 0 Å². The highest BCUT2D eigenvalue weighted by atomic mass is 35.5. The van der Waals surface area contributed by atoms with Gasteiger partial charge in [-0.3, -0.25) is 4.98 Å². The number of pyridine rings is 1. The molecule has 0 fully saturated rings. The fraction of sp³-hybridized carbons (Fsp3) is 0.250. The molecule has 0 unspecified atom stereocenters. The Balaban J connectivity index is 2.64. The number of carboxylic acids is 1. The summed E-state index contributed by atoms with van der Waals surface area (Å²) < 4.78 is 13.1. The maximum absolute atomic E-state index is 13.1. The molecule has 0 aliphatic heterocycles. The SMILES string of the molecule is CC(C)(C)c1nc(-c2ccc(F)cc2Cl)ccc1C(=O)O. The van der Waals surface area contributed by atoms with Gasteiger partial charge in [0, 0.05) is 11.0 Å². The molecular formula is C16H15ClFNO2. The van der Waals surface area contributed by atoms with Gasteiger partial charge in [-0.25, -0.2) is 9.18 Å². The standard InChI is InChI=1S/C16H15ClFNO2/c1-16(2,3)14-11(15(20)21)6-7-13(19-14)10-5-4-9(18)8-12(10)17/h4-8H,1-3H3,(H,20,21). The van der Waals surface area contributed by atoms with Gasteiger partial charge in [0.05, 0.1) is 22.0 Å². The minimum absolute atomic E-state index is 0.157. The normalized spacial score (nSPS) is 11.5. The quantitative estimate of drug-likeness (QED) is 0.886. The van der Waals surface area contributed by atoms with E-state index in [0.29, 0.717) is 17.0 Å². The van der Waals surface area contributed by atoms with Crippen LogP contribution >= 0.6 is 11.6 Å². The van der Waals surface area contributed by atoms with E-state index >= 15 is 0 Å². The average molecular weight is 308 g/mol. The molecule has 0 aliphatic rings. The van der Waals surface area contributed by atoms with Crippen LogP contribution in [0, 0.1) is 5.82 Å².